The Labute approximate surface area is 100 Å². The van der Waals surface area contributed by atoms with E-state index in [9.17, 15) is 0 Å². The molecule has 92 valence electrons. The van der Waals surface area contributed by atoms with Crippen molar-refractivity contribution in [1.82, 2.24) is 15.5 Å². The van der Waals surface area contributed by atoms with Crippen molar-refractivity contribution in [1.29, 1.82) is 0 Å². The number of furan rings is 1. The number of aromatic nitrogens is 2. The first kappa shape index (κ1) is 11.9. The Morgan fingerprint density at radius 2 is 2.06 bits per heavy atom. The normalized spacial score (nSPS) is 12.9. The number of aryl methyl sites for hydroxylation is 2. The van der Waals surface area contributed by atoms with Gasteiger partial charge in [0.1, 0.15) is 11.5 Å². The van der Waals surface area contributed by atoms with Crippen molar-refractivity contribution in [3.05, 3.63) is 23.5 Å². The van der Waals surface area contributed by atoms with Gasteiger partial charge in [0, 0.05) is 0 Å². The molecule has 1 atom stereocenters. The second kappa shape index (κ2) is 4.71. The van der Waals surface area contributed by atoms with E-state index in [0.29, 0.717) is 11.8 Å². The molecule has 0 bridgehead atoms. The third-order valence-electron chi connectivity index (χ3n) is 2.59. The Balaban J connectivity index is 2.26. The molecular weight excluding hydrogens is 218 g/mol. The average Bonchev–Trinajstić information content (AvgIpc) is 2.85. The third-order valence-corrected chi connectivity index (χ3v) is 2.59. The summed E-state index contributed by atoms with van der Waals surface area (Å²) in [5.41, 5.74) is 0.866. The number of hydrogen-bond donors (Lipinski definition) is 1. The van der Waals surface area contributed by atoms with Gasteiger partial charge in [-0.05, 0) is 33.4 Å². The zero-order valence-electron chi connectivity index (χ0n) is 10.6. The van der Waals surface area contributed by atoms with Crippen LogP contribution in [-0.2, 0) is 0 Å². The van der Waals surface area contributed by atoms with Crippen LogP contribution in [0.2, 0.25) is 0 Å². The Hall–Kier alpha value is -1.62. The quantitative estimate of drug-likeness (QED) is 0.882. The van der Waals surface area contributed by atoms with Gasteiger partial charge >= 0.3 is 0 Å². The minimum Gasteiger partial charge on any atom is -0.466 e. The molecule has 0 radical (unpaired) electrons. The summed E-state index contributed by atoms with van der Waals surface area (Å²) in [5.74, 6) is 2.75. The number of rotatable bonds is 4. The summed E-state index contributed by atoms with van der Waals surface area (Å²) in [6, 6.07) is 1.97. The van der Waals surface area contributed by atoms with Crippen molar-refractivity contribution in [3.8, 4) is 11.5 Å². The van der Waals surface area contributed by atoms with Crippen molar-refractivity contribution in [2.45, 2.75) is 33.7 Å². The SMILES string of the molecule is CCNC(C)c1nnc(-c2cc(C)oc2C)o1. The highest BCUT2D eigenvalue weighted by molar-refractivity contribution is 5.55. The molecule has 0 spiro atoms. The Morgan fingerprint density at radius 3 is 2.65 bits per heavy atom. The van der Waals surface area contributed by atoms with Crippen LogP contribution in [0.1, 0.15) is 37.3 Å². The van der Waals surface area contributed by atoms with Crippen molar-refractivity contribution in [2.75, 3.05) is 6.54 Å². The molecule has 17 heavy (non-hydrogen) atoms. The van der Waals surface area contributed by atoms with Crippen LogP contribution in [0.4, 0.5) is 0 Å². The molecule has 1 unspecified atom stereocenters. The second-order valence-electron chi connectivity index (χ2n) is 4.05. The molecule has 2 aromatic rings. The molecule has 0 aliphatic heterocycles. The largest absolute Gasteiger partial charge is 0.466 e. The smallest absolute Gasteiger partial charge is 0.251 e. The van der Waals surface area contributed by atoms with Crippen molar-refractivity contribution in [3.63, 3.8) is 0 Å². The first-order valence-corrected chi connectivity index (χ1v) is 5.76. The van der Waals surface area contributed by atoms with Gasteiger partial charge in [-0.1, -0.05) is 6.92 Å². The molecule has 0 saturated carbocycles. The van der Waals surface area contributed by atoms with Gasteiger partial charge in [-0.25, -0.2) is 0 Å². The topological polar surface area (TPSA) is 64.1 Å². The molecule has 1 N–H and O–H groups in total. The predicted molar refractivity (Wildman–Crippen MR) is 63.6 cm³/mol. The van der Waals surface area contributed by atoms with Gasteiger partial charge in [-0.15, -0.1) is 10.2 Å². The Morgan fingerprint density at radius 1 is 1.29 bits per heavy atom. The molecule has 2 aromatic heterocycles. The van der Waals surface area contributed by atoms with E-state index in [1.165, 1.54) is 0 Å². The van der Waals surface area contributed by atoms with E-state index in [1.54, 1.807) is 0 Å². The fourth-order valence-electron chi connectivity index (χ4n) is 1.76. The van der Waals surface area contributed by atoms with Gasteiger partial charge in [-0.3, -0.25) is 0 Å². The maximum absolute atomic E-state index is 5.63. The maximum atomic E-state index is 5.63. The zero-order valence-corrected chi connectivity index (χ0v) is 10.6. The summed E-state index contributed by atoms with van der Waals surface area (Å²) in [7, 11) is 0. The molecular formula is C12H17N3O2. The van der Waals surface area contributed by atoms with E-state index in [-0.39, 0.29) is 6.04 Å². The van der Waals surface area contributed by atoms with Crippen LogP contribution in [0, 0.1) is 13.8 Å². The second-order valence-corrected chi connectivity index (χ2v) is 4.05. The molecule has 0 amide bonds. The standard InChI is InChI=1S/C12H17N3O2/c1-5-13-8(3)11-14-15-12(17-11)10-6-7(2)16-9(10)4/h6,8,13H,5H2,1-4H3. The van der Waals surface area contributed by atoms with Crippen LogP contribution in [0.25, 0.3) is 11.5 Å². The molecule has 0 aromatic carbocycles. The van der Waals surface area contributed by atoms with Gasteiger partial charge < -0.3 is 14.2 Å². The van der Waals surface area contributed by atoms with E-state index in [2.05, 4.69) is 15.5 Å². The summed E-state index contributed by atoms with van der Waals surface area (Å²) >= 11 is 0. The number of hydrogen-bond acceptors (Lipinski definition) is 5. The van der Waals surface area contributed by atoms with Crippen LogP contribution in [0.15, 0.2) is 14.9 Å². The minimum absolute atomic E-state index is 0.0644. The monoisotopic (exact) mass is 235 g/mol. The van der Waals surface area contributed by atoms with Gasteiger partial charge in [0.2, 0.25) is 5.89 Å². The van der Waals surface area contributed by atoms with Crippen LogP contribution < -0.4 is 5.32 Å². The average molecular weight is 235 g/mol. The molecule has 0 saturated heterocycles. The third kappa shape index (κ3) is 2.39. The van der Waals surface area contributed by atoms with E-state index in [1.807, 2.05) is 33.8 Å². The molecule has 0 aliphatic rings. The van der Waals surface area contributed by atoms with Gasteiger partial charge in [0.05, 0.1) is 11.6 Å². The maximum Gasteiger partial charge on any atom is 0.251 e. The Bertz CT molecular complexity index is 502. The Kier molecular flexibility index (Phi) is 3.28. The highest BCUT2D eigenvalue weighted by Crippen LogP contribution is 2.26. The van der Waals surface area contributed by atoms with E-state index in [0.717, 1.165) is 23.6 Å². The van der Waals surface area contributed by atoms with Gasteiger partial charge in [-0.2, -0.15) is 0 Å². The lowest BCUT2D eigenvalue weighted by molar-refractivity contribution is 0.428. The van der Waals surface area contributed by atoms with Gasteiger partial charge in [0.15, 0.2) is 0 Å². The highest BCUT2D eigenvalue weighted by atomic mass is 16.4. The van der Waals surface area contributed by atoms with Crippen molar-refractivity contribution in [2.24, 2.45) is 0 Å². The van der Waals surface area contributed by atoms with Crippen LogP contribution in [0.5, 0.6) is 0 Å². The zero-order chi connectivity index (χ0) is 12.4. The van der Waals surface area contributed by atoms with E-state index in [4.69, 9.17) is 8.83 Å². The van der Waals surface area contributed by atoms with E-state index < -0.39 is 0 Å². The lowest BCUT2D eigenvalue weighted by Gasteiger charge is -2.05. The number of nitrogens with zero attached hydrogens (tertiary/aromatic N) is 2. The first-order chi connectivity index (χ1) is 8.11. The number of nitrogens with one attached hydrogen (secondary N) is 1. The lowest BCUT2D eigenvalue weighted by atomic mass is 10.2. The van der Waals surface area contributed by atoms with E-state index >= 15 is 0 Å². The molecule has 2 heterocycles. The summed E-state index contributed by atoms with van der Waals surface area (Å²) in [5, 5.41) is 11.3. The van der Waals surface area contributed by atoms with Crippen molar-refractivity contribution < 1.29 is 8.83 Å². The molecule has 0 fully saturated rings. The fourth-order valence-corrected chi connectivity index (χ4v) is 1.76. The fraction of sp³-hybridized carbons (Fsp3) is 0.500. The van der Waals surface area contributed by atoms with Gasteiger partial charge in [0.25, 0.3) is 5.89 Å². The molecule has 5 nitrogen and oxygen atoms in total. The minimum atomic E-state index is 0.0644. The first-order valence-electron chi connectivity index (χ1n) is 5.76. The lowest BCUT2D eigenvalue weighted by Crippen LogP contribution is -2.17. The predicted octanol–water partition coefficient (Wildman–Crippen LogP) is 2.62. The summed E-state index contributed by atoms with van der Waals surface area (Å²) in [4.78, 5) is 0. The molecule has 5 heteroatoms. The molecule has 2 rings (SSSR count). The van der Waals surface area contributed by atoms with Crippen LogP contribution in [0.3, 0.4) is 0 Å². The summed E-state index contributed by atoms with van der Waals surface area (Å²) in [6.07, 6.45) is 0. The van der Waals surface area contributed by atoms with Crippen LogP contribution >= 0.6 is 0 Å². The van der Waals surface area contributed by atoms with Crippen molar-refractivity contribution >= 4 is 0 Å². The molecule has 0 aliphatic carbocycles. The summed E-state index contributed by atoms with van der Waals surface area (Å²) < 4.78 is 11.1. The van der Waals surface area contributed by atoms with Crippen LogP contribution in [-0.4, -0.2) is 16.7 Å². The summed E-state index contributed by atoms with van der Waals surface area (Å²) in [6.45, 7) is 8.68. The highest BCUT2D eigenvalue weighted by Gasteiger charge is 2.17.